The smallest absolute Gasteiger partial charge is 0.0201 e. The number of unbranched alkanes of at least 4 members (excludes halogenated alkanes) is 4. The summed E-state index contributed by atoms with van der Waals surface area (Å²) in [6, 6.07) is 54.5. The number of benzene rings is 8. The van der Waals surface area contributed by atoms with Crippen LogP contribution in [0.15, 0.2) is 155 Å². The highest BCUT2D eigenvalue weighted by atomic mass is 32.2. The fourth-order valence-electron chi connectivity index (χ4n) is 7.80. The van der Waals surface area contributed by atoms with Gasteiger partial charge in [-0.2, -0.15) is 0 Å². The highest BCUT2D eigenvalue weighted by Crippen LogP contribution is 2.40. The van der Waals surface area contributed by atoms with Crippen molar-refractivity contribution in [3.05, 3.63) is 179 Å². The van der Waals surface area contributed by atoms with Crippen molar-refractivity contribution < 1.29 is 0 Å². The van der Waals surface area contributed by atoms with E-state index in [2.05, 4.69) is 184 Å². The second-order valence-electron chi connectivity index (χ2n) is 15.0. The Labute approximate surface area is 331 Å². The number of aryl methyl sites for hydroxylation is 2. The molecule has 0 aliphatic carbocycles. The molecule has 8 rings (SSSR count). The average molecular weight is 731 g/mol. The van der Waals surface area contributed by atoms with Crippen molar-refractivity contribution in [3.63, 3.8) is 0 Å². The van der Waals surface area contributed by atoms with E-state index in [0.717, 1.165) is 0 Å². The molecular weight excluding hydrogens is 681 g/mol. The van der Waals surface area contributed by atoms with Crippen LogP contribution in [0.1, 0.15) is 85.8 Å². The van der Waals surface area contributed by atoms with Crippen LogP contribution in [0.4, 0.5) is 0 Å². The van der Waals surface area contributed by atoms with E-state index in [0.29, 0.717) is 0 Å². The molecule has 8 aromatic rings. The molecular formula is C54H50S. The molecule has 8 aromatic carbocycles. The van der Waals surface area contributed by atoms with Crippen LogP contribution in [-0.4, -0.2) is 0 Å². The summed E-state index contributed by atoms with van der Waals surface area (Å²) in [4.78, 5) is 2.56. The Morgan fingerprint density at radius 3 is 1.18 bits per heavy atom. The van der Waals surface area contributed by atoms with Gasteiger partial charge in [-0.05, 0) is 139 Å². The summed E-state index contributed by atoms with van der Waals surface area (Å²) in [6.07, 6.45) is 19.0. The van der Waals surface area contributed by atoms with Crippen molar-refractivity contribution in [1.82, 2.24) is 0 Å². The number of hydrogen-bond acceptors (Lipinski definition) is 1. The molecule has 0 aliphatic heterocycles. The Kier molecular flexibility index (Phi) is 11.6. The van der Waals surface area contributed by atoms with Crippen LogP contribution in [0.5, 0.6) is 0 Å². The maximum absolute atomic E-state index is 2.38. The van der Waals surface area contributed by atoms with E-state index in [1.54, 1.807) is 0 Å². The van der Waals surface area contributed by atoms with Crippen molar-refractivity contribution >= 4 is 79.2 Å². The van der Waals surface area contributed by atoms with E-state index >= 15 is 0 Å². The fourth-order valence-corrected chi connectivity index (χ4v) is 8.90. The third kappa shape index (κ3) is 8.64. The molecule has 0 nitrogen and oxygen atoms in total. The molecule has 0 saturated heterocycles. The van der Waals surface area contributed by atoms with Crippen molar-refractivity contribution in [2.24, 2.45) is 0 Å². The zero-order chi connectivity index (χ0) is 37.4. The number of fused-ring (bicyclic) bond motifs is 4. The second-order valence-corrected chi connectivity index (χ2v) is 16.0. The summed E-state index contributed by atoms with van der Waals surface area (Å²) in [5, 5.41) is 10.2. The van der Waals surface area contributed by atoms with E-state index in [1.807, 2.05) is 11.8 Å². The van der Waals surface area contributed by atoms with E-state index in [1.165, 1.54) is 138 Å². The first-order valence-corrected chi connectivity index (χ1v) is 21.1. The lowest BCUT2D eigenvalue weighted by Crippen LogP contribution is -1.86. The summed E-state index contributed by atoms with van der Waals surface area (Å²) >= 11 is 1.87. The molecule has 0 saturated carbocycles. The molecule has 0 N–H and O–H groups in total. The normalized spacial score (nSPS) is 12.0. The van der Waals surface area contributed by atoms with Crippen molar-refractivity contribution in [3.8, 4) is 0 Å². The predicted octanol–water partition coefficient (Wildman–Crippen LogP) is 16.3. The molecule has 55 heavy (non-hydrogen) atoms. The van der Waals surface area contributed by atoms with Crippen LogP contribution in [0.3, 0.4) is 0 Å². The van der Waals surface area contributed by atoms with Gasteiger partial charge >= 0.3 is 0 Å². The van der Waals surface area contributed by atoms with Crippen molar-refractivity contribution in [1.29, 1.82) is 0 Å². The van der Waals surface area contributed by atoms with Crippen molar-refractivity contribution in [2.45, 2.75) is 75.0 Å². The highest BCUT2D eigenvalue weighted by Gasteiger charge is 2.11. The van der Waals surface area contributed by atoms with Gasteiger partial charge in [0, 0.05) is 9.79 Å². The first-order chi connectivity index (χ1) is 27.1. The maximum Gasteiger partial charge on any atom is 0.0201 e. The van der Waals surface area contributed by atoms with Crippen LogP contribution in [0.2, 0.25) is 0 Å². The molecule has 0 aromatic heterocycles. The molecule has 0 unspecified atom stereocenters. The lowest BCUT2D eigenvalue weighted by Gasteiger charge is -2.12. The van der Waals surface area contributed by atoms with Gasteiger partial charge in [0.2, 0.25) is 0 Å². The highest BCUT2D eigenvalue weighted by molar-refractivity contribution is 7.99. The lowest BCUT2D eigenvalue weighted by atomic mass is 9.98. The molecule has 0 radical (unpaired) electrons. The van der Waals surface area contributed by atoms with Crippen LogP contribution in [-0.2, 0) is 12.8 Å². The third-order valence-electron chi connectivity index (χ3n) is 11.0. The van der Waals surface area contributed by atoms with Gasteiger partial charge in [-0.25, -0.2) is 0 Å². The zero-order valence-electron chi connectivity index (χ0n) is 32.2. The Morgan fingerprint density at radius 2 is 0.764 bits per heavy atom. The Hall–Kier alpha value is -5.37. The summed E-state index contributed by atoms with van der Waals surface area (Å²) in [6.45, 7) is 4.53. The van der Waals surface area contributed by atoms with E-state index < -0.39 is 0 Å². The van der Waals surface area contributed by atoms with Gasteiger partial charge in [0.25, 0.3) is 0 Å². The van der Waals surface area contributed by atoms with Gasteiger partial charge in [0.05, 0.1) is 0 Å². The largest absolute Gasteiger partial charge is 0.0888 e. The monoisotopic (exact) mass is 730 g/mol. The minimum absolute atomic E-state index is 1.17. The van der Waals surface area contributed by atoms with Gasteiger partial charge < -0.3 is 0 Å². The number of hydrogen-bond donors (Lipinski definition) is 0. The first kappa shape index (κ1) is 36.6. The summed E-state index contributed by atoms with van der Waals surface area (Å²) in [5.74, 6) is 0. The quantitative estimate of drug-likeness (QED) is 0.0610. The van der Waals surface area contributed by atoms with Crippen molar-refractivity contribution in [2.75, 3.05) is 0 Å². The molecule has 0 atom stereocenters. The minimum Gasteiger partial charge on any atom is -0.0888 e. The fraction of sp³-hybridized carbons (Fsp3) is 0.185. The SMILES string of the molecule is CCCCCc1ccc(/C=C/c2cccc3cc4c(Sc5cccc6cc7c(/C=C/c8ccc(CCCCC)cc8)cccc7cc56)cccc4cc23)cc1. The Morgan fingerprint density at radius 1 is 0.382 bits per heavy atom. The van der Waals surface area contributed by atoms with E-state index in [9.17, 15) is 0 Å². The van der Waals surface area contributed by atoms with Gasteiger partial charge in [0.15, 0.2) is 0 Å². The Balaban J connectivity index is 1.05. The molecule has 272 valence electrons. The van der Waals surface area contributed by atoms with Crippen LogP contribution in [0.25, 0.3) is 67.4 Å². The third-order valence-corrected chi connectivity index (χ3v) is 12.1. The standard InChI is InChI=1S/C54H50S/c1-3-5-7-13-39-23-27-41(28-24-39)31-33-43-15-9-17-45-37-51-47(35-49(43)45)19-11-21-53(51)55-54-22-12-20-48-36-50-44(16-10-18-46(50)38-52(48)54)34-32-42-29-25-40(26-30-42)14-8-6-4-2/h9-12,15-38H,3-8,13-14H2,1-2H3/b33-31+,34-32+. The second kappa shape index (κ2) is 17.4. The molecule has 0 fully saturated rings. The van der Waals surface area contributed by atoms with Crippen LogP contribution in [0, 0.1) is 0 Å². The minimum atomic E-state index is 1.17. The van der Waals surface area contributed by atoms with Gasteiger partial charge in [-0.1, -0.05) is 185 Å². The molecule has 0 heterocycles. The maximum atomic E-state index is 2.38. The molecule has 1 heteroatoms. The molecule has 0 spiro atoms. The van der Waals surface area contributed by atoms with E-state index in [-0.39, 0.29) is 0 Å². The molecule has 0 aliphatic rings. The molecule has 0 amide bonds. The number of rotatable bonds is 14. The average Bonchev–Trinajstić information content (AvgIpc) is 3.22. The van der Waals surface area contributed by atoms with Crippen LogP contribution >= 0.6 is 11.8 Å². The molecule has 0 bridgehead atoms. The van der Waals surface area contributed by atoms with Gasteiger partial charge in [-0.15, -0.1) is 0 Å². The topological polar surface area (TPSA) is 0 Å². The van der Waals surface area contributed by atoms with Crippen LogP contribution < -0.4 is 0 Å². The lowest BCUT2D eigenvalue weighted by molar-refractivity contribution is 0.717. The predicted molar refractivity (Wildman–Crippen MR) is 244 cm³/mol. The first-order valence-electron chi connectivity index (χ1n) is 20.3. The van der Waals surface area contributed by atoms with Gasteiger partial charge in [-0.3, -0.25) is 0 Å². The zero-order valence-corrected chi connectivity index (χ0v) is 33.0. The Bertz CT molecular complexity index is 2440. The van der Waals surface area contributed by atoms with E-state index in [4.69, 9.17) is 0 Å². The summed E-state index contributed by atoms with van der Waals surface area (Å²) in [5.41, 5.74) is 7.83. The summed E-state index contributed by atoms with van der Waals surface area (Å²) in [7, 11) is 0. The summed E-state index contributed by atoms with van der Waals surface area (Å²) < 4.78 is 0. The van der Waals surface area contributed by atoms with Gasteiger partial charge in [0.1, 0.15) is 0 Å².